The van der Waals surface area contributed by atoms with Gasteiger partial charge < -0.3 is 4.74 Å². The minimum Gasteiger partial charge on any atom is -0.462 e. The molecule has 0 aliphatic carbocycles. The maximum atomic E-state index is 12.9. The van der Waals surface area contributed by atoms with Gasteiger partial charge >= 0.3 is 5.97 Å². The number of benzene rings is 1. The minimum atomic E-state index is -3.23. The predicted octanol–water partition coefficient (Wildman–Crippen LogP) is 2.58. The summed E-state index contributed by atoms with van der Waals surface area (Å²) in [5, 5.41) is 19.4. The van der Waals surface area contributed by atoms with Gasteiger partial charge in [-0.05, 0) is 13.0 Å². The van der Waals surface area contributed by atoms with E-state index in [1.54, 1.807) is 6.07 Å². The van der Waals surface area contributed by atoms with Crippen molar-refractivity contribution in [1.29, 1.82) is 5.26 Å². The van der Waals surface area contributed by atoms with Crippen LogP contribution in [0.2, 0.25) is 0 Å². The number of carbonyl (C=O) groups excluding carboxylic acids is 1. The average molecular weight is 270 g/mol. The molecule has 0 aliphatic heterocycles. The van der Waals surface area contributed by atoms with Crippen molar-refractivity contribution in [2.24, 2.45) is 0 Å². The molecule has 0 spiro atoms. The van der Waals surface area contributed by atoms with Crippen LogP contribution < -0.4 is 0 Å². The Bertz CT molecular complexity index is 567. The topological polar surface area (TPSA) is 93.2 Å². The highest BCUT2D eigenvalue weighted by molar-refractivity contribution is 5.93. The van der Waals surface area contributed by atoms with Crippen molar-refractivity contribution in [3.05, 3.63) is 38.9 Å². The van der Waals surface area contributed by atoms with Gasteiger partial charge in [-0.15, -0.1) is 0 Å². The standard InChI is InChI=1S/C11H8F2N2O4/c1-2-19-11(16)7-3-6(5-14)4-8(15(17)18)9(7)10(12)13/h3-4,10H,2H2,1H3. The van der Waals surface area contributed by atoms with Crippen LogP contribution >= 0.6 is 0 Å². The highest BCUT2D eigenvalue weighted by atomic mass is 19.3. The SMILES string of the molecule is CCOC(=O)c1cc(C#N)cc([N+](=O)[O-])c1C(F)F. The zero-order chi connectivity index (χ0) is 14.6. The summed E-state index contributed by atoms with van der Waals surface area (Å²) in [6.45, 7) is 1.38. The molecule has 0 heterocycles. The number of nitro groups is 1. The number of nitriles is 1. The third kappa shape index (κ3) is 3.01. The lowest BCUT2D eigenvalue weighted by molar-refractivity contribution is -0.386. The second kappa shape index (κ2) is 5.86. The molecule has 8 heteroatoms. The molecule has 1 rings (SSSR count). The molecule has 0 unspecified atom stereocenters. The first-order chi connectivity index (χ1) is 8.92. The van der Waals surface area contributed by atoms with Crippen molar-refractivity contribution in [3.8, 4) is 6.07 Å². The molecule has 1 aromatic carbocycles. The van der Waals surface area contributed by atoms with Gasteiger partial charge in [0.2, 0.25) is 0 Å². The fourth-order valence-corrected chi connectivity index (χ4v) is 1.46. The highest BCUT2D eigenvalue weighted by Crippen LogP contribution is 2.33. The maximum absolute atomic E-state index is 12.9. The monoisotopic (exact) mass is 270 g/mol. The Labute approximate surface area is 106 Å². The van der Waals surface area contributed by atoms with E-state index in [0.29, 0.717) is 6.07 Å². The molecule has 0 radical (unpaired) electrons. The van der Waals surface area contributed by atoms with Crippen molar-refractivity contribution in [2.45, 2.75) is 13.3 Å². The fourth-order valence-electron chi connectivity index (χ4n) is 1.46. The molecule has 0 bridgehead atoms. The second-order valence-corrected chi connectivity index (χ2v) is 3.35. The average Bonchev–Trinajstić information content (AvgIpc) is 2.37. The molecule has 100 valence electrons. The fraction of sp³-hybridized carbons (Fsp3) is 0.273. The summed E-state index contributed by atoms with van der Waals surface area (Å²) in [6.07, 6.45) is -3.23. The van der Waals surface area contributed by atoms with E-state index >= 15 is 0 Å². The molecule has 0 atom stereocenters. The Morgan fingerprint density at radius 3 is 2.63 bits per heavy atom. The van der Waals surface area contributed by atoms with Crippen molar-refractivity contribution in [1.82, 2.24) is 0 Å². The van der Waals surface area contributed by atoms with Crippen molar-refractivity contribution < 1.29 is 23.2 Å². The van der Waals surface area contributed by atoms with E-state index in [-0.39, 0.29) is 12.2 Å². The third-order valence-electron chi connectivity index (χ3n) is 2.20. The first-order valence-electron chi connectivity index (χ1n) is 5.10. The number of esters is 1. The van der Waals surface area contributed by atoms with E-state index in [0.717, 1.165) is 6.07 Å². The van der Waals surface area contributed by atoms with Crippen LogP contribution in [0.3, 0.4) is 0 Å². The molecule has 0 saturated carbocycles. The zero-order valence-electron chi connectivity index (χ0n) is 9.72. The molecule has 1 aromatic rings. The van der Waals surface area contributed by atoms with Crippen LogP contribution in [0.25, 0.3) is 0 Å². The number of hydrogen-bond donors (Lipinski definition) is 0. The Morgan fingerprint density at radius 2 is 2.21 bits per heavy atom. The number of halogens is 2. The maximum Gasteiger partial charge on any atom is 0.338 e. The van der Waals surface area contributed by atoms with Gasteiger partial charge in [0, 0.05) is 6.07 Å². The Hall–Kier alpha value is -2.56. The first kappa shape index (κ1) is 14.5. The summed E-state index contributed by atoms with van der Waals surface area (Å²) < 4.78 is 30.3. The van der Waals surface area contributed by atoms with Gasteiger partial charge in [0.15, 0.2) is 0 Å². The first-order valence-corrected chi connectivity index (χ1v) is 5.10. The normalized spacial score (nSPS) is 10.1. The molecule has 0 saturated heterocycles. The van der Waals surface area contributed by atoms with Gasteiger partial charge in [0.1, 0.15) is 5.56 Å². The summed E-state index contributed by atoms with van der Waals surface area (Å²) in [5.74, 6) is -1.13. The highest BCUT2D eigenvalue weighted by Gasteiger charge is 2.30. The largest absolute Gasteiger partial charge is 0.462 e. The van der Waals surface area contributed by atoms with E-state index < -0.39 is 34.1 Å². The van der Waals surface area contributed by atoms with Crippen LogP contribution in [0.1, 0.15) is 34.8 Å². The number of nitrogens with zero attached hydrogens (tertiary/aromatic N) is 2. The van der Waals surface area contributed by atoms with Gasteiger partial charge in [-0.25, -0.2) is 13.6 Å². The van der Waals surface area contributed by atoms with Gasteiger partial charge in [0.25, 0.3) is 12.1 Å². The van der Waals surface area contributed by atoms with Crippen LogP contribution in [0.15, 0.2) is 12.1 Å². The smallest absolute Gasteiger partial charge is 0.338 e. The number of carbonyl (C=O) groups is 1. The molecule has 0 aliphatic rings. The van der Waals surface area contributed by atoms with Gasteiger partial charge in [-0.3, -0.25) is 10.1 Å². The lowest BCUT2D eigenvalue weighted by Gasteiger charge is -2.09. The summed E-state index contributed by atoms with van der Waals surface area (Å²) >= 11 is 0. The van der Waals surface area contributed by atoms with E-state index in [2.05, 4.69) is 4.74 Å². The van der Waals surface area contributed by atoms with Crippen LogP contribution in [-0.2, 0) is 4.74 Å². The molecule has 0 amide bonds. The Balaban J connectivity index is 3.58. The molecular weight excluding hydrogens is 262 g/mol. The van der Waals surface area contributed by atoms with Crippen LogP contribution in [0, 0.1) is 21.4 Å². The Kier molecular flexibility index (Phi) is 4.47. The van der Waals surface area contributed by atoms with E-state index in [9.17, 15) is 23.7 Å². The van der Waals surface area contributed by atoms with Crippen molar-refractivity contribution in [2.75, 3.05) is 6.61 Å². The zero-order valence-corrected chi connectivity index (χ0v) is 9.72. The quantitative estimate of drug-likeness (QED) is 0.476. The lowest BCUT2D eigenvalue weighted by atomic mass is 10.0. The molecule has 19 heavy (non-hydrogen) atoms. The summed E-state index contributed by atoms with van der Waals surface area (Å²) in [5.41, 5.74) is -2.94. The predicted molar refractivity (Wildman–Crippen MR) is 58.7 cm³/mol. The second-order valence-electron chi connectivity index (χ2n) is 3.35. The van der Waals surface area contributed by atoms with Crippen molar-refractivity contribution in [3.63, 3.8) is 0 Å². The van der Waals surface area contributed by atoms with Gasteiger partial charge in [0.05, 0.1) is 28.7 Å². The minimum absolute atomic E-state index is 0.0773. The molecule has 0 fully saturated rings. The Morgan fingerprint density at radius 1 is 1.58 bits per heavy atom. The molecule has 0 aromatic heterocycles. The number of alkyl halides is 2. The summed E-state index contributed by atoms with van der Waals surface area (Å²) in [6, 6.07) is 3.12. The van der Waals surface area contributed by atoms with Gasteiger partial charge in [-0.2, -0.15) is 5.26 Å². The van der Waals surface area contributed by atoms with E-state index in [4.69, 9.17) is 5.26 Å². The van der Waals surface area contributed by atoms with Crippen molar-refractivity contribution >= 4 is 11.7 Å². The van der Waals surface area contributed by atoms with Crippen LogP contribution in [-0.4, -0.2) is 17.5 Å². The third-order valence-corrected chi connectivity index (χ3v) is 2.20. The summed E-state index contributed by atoms with van der Waals surface area (Å²) in [4.78, 5) is 21.2. The molecule has 6 nitrogen and oxygen atoms in total. The number of rotatable bonds is 4. The lowest BCUT2D eigenvalue weighted by Crippen LogP contribution is -2.11. The number of hydrogen-bond acceptors (Lipinski definition) is 5. The van der Waals surface area contributed by atoms with Crippen LogP contribution in [0.4, 0.5) is 14.5 Å². The number of nitro benzene ring substituents is 1. The van der Waals surface area contributed by atoms with Gasteiger partial charge in [-0.1, -0.05) is 0 Å². The van der Waals surface area contributed by atoms with E-state index in [1.165, 1.54) is 6.92 Å². The van der Waals surface area contributed by atoms with E-state index in [1.807, 2.05) is 0 Å². The number of ether oxygens (including phenoxy) is 1. The molecule has 0 N–H and O–H groups in total. The van der Waals surface area contributed by atoms with Crippen LogP contribution in [0.5, 0.6) is 0 Å². The molecular formula is C11H8F2N2O4. The summed E-state index contributed by atoms with van der Waals surface area (Å²) in [7, 11) is 0.